The van der Waals surface area contributed by atoms with E-state index in [4.69, 9.17) is 0 Å². The first-order valence-corrected chi connectivity index (χ1v) is 10.8. The Bertz CT molecular complexity index is 1110. The molecular weight excluding hydrogens is 388 g/mol. The predicted molar refractivity (Wildman–Crippen MR) is 109 cm³/mol. The van der Waals surface area contributed by atoms with E-state index in [9.17, 15) is 13.2 Å². The van der Waals surface area contributed by atoms with Crippen molar-refractivity contribution in [2.24, 2.45) is 0 Å². The van der Waals surface area contributed by atoms with Crippen LogP contribution in [0.3, 0.4) is 0 Å². The molecule has 2 aromatic carbocycles. The normalized spacial score (nSPS) is 16.9. The highest BCUT2D eigenvalue weighted by Crippen LogP contribution is 2.26. The molecule has 0 saturated carbocycles. The van der Waals surface area contributed by atoms with Crippen LogP contribution in [0.2, 0.25) is 0 Å². The first-order valence-electron chi connectivity index (χ1n) is 9.37. The molecule has 4 rings (SSSR count). The number of carbonyl (C=O) groups is 1. The van der Waals surface area contributed by atoms with E-state index in [0.29, 0.717) is 5.56 Å². The highest BCUT2D eigenvalue weighted by atomic mass is 32.2. The minimum absolute atomic E-state index is 0.196. The summed E-state index contributed by atoms with van der Waals surface area (Å²) in [5.74, 6) is -0.196. The Labute approximate surface area is 170 Å². The molecule has 0 fully saturated rings. The molecule has 0 saturated heterocycles. The summed E-state index contributed by atoms with van der Waals surface area (Å²) in [6, 6.07) is 17.3. The van der Waals surface area contributed by atoms with E-state index in [1.807, 2.05) is 19.1 Å². The molecule has 29 heavy (non-hydrogen) atoms. The number of carbonyl (C=O) groups excluding carboxylic acids is 1. The smallest absolute Gasteiger partial charge is 0.251 e. The van der Waals surface area contributed by atoms with Crippen LogP contribution in [0.5, 0.6) is 0 Å². The molecule has 150 valence electrons. The molecule has 1 atom stereocenters. The summed E-state index contributed by atoms with van der Waals surface area (Å²) in [6.07, 6.45) is 1.66. The number of fused-ring (bicyclic) bond motifs is 1. The van der Waals surface area contributed by atoms with E-state index in [-0.39, 0.29) is 36.5 Å². The number of benzene rings is 2. The summed E-state index contributed by atoms with van der Waals surface area (Å²) in [5.41, 5.74) is 2.36. The molecule has 1 N–H and O–H groups in total. The SMILES string of the molecule is Cc1ccc(S(=O)(=O)N2Cc3ccnn3[C@@H](CNC(=O)c3ccccc3)C2)cc1. The minimum Gasteiger partial charge on any atom is -0.350 e. The third kappa shape index (κ3) is 3.94. The zero-order chi connectivity index (χ0) is 20.4. The number of rotatable bonds is 5. The predicted octanol–water partition coefficient (Wildman–Crippen LogP) is 2.37. The molecule has 0 aliphatic carbocycles. The van der Waals surface area contributed by atoms with Crippen LogP contribution >= 0.6 is 0 Å². The zero-order valence-electron chi connectivity index (χ0n) is 16.0. The molecule has 3 aromatic rings. The fraction of sp³-hybridized carbons (Fsp3) is 0.238. The number of nitrogens with one attached hydrogen (secondary N) is 1. The van der Waals surface area contributed by atoms with Gasteiger partial charge in [-0.1, -0.05) is 35.9 Å². The van der Waals surface area contributed by atoms with E-state index in [0.717, 1.165) is 11.3 Å². The number of sulfonamides is 1. The third-order valence-corrected chi connectivity index (χ3v) is 6.87. The number of aryl methyl sites for hydroxylation is 1. The van der Waals surface area contributed by atoms with Gasteiger partial charge in [-0.3, -0.25) is 9.48 Å². The van der Waals surface area contributed by atoms with Crippen LogP contribution in [-0.4, -0.2) is 41.5 Å². The summed E-state index contributed by atoms with van der Waals surface area (Å²) in [5, 5.41) is 7.23. The first-order chi connectivity index (χ1) is 13.9. The van der Waals surface area contributed by atoms with Crippen molar-refractivity contribution in [2.45, 2.75) is 24.4 Å². The van der Waals surface area contributed by atoms with Gasteiger partial charge in [-0.05, 0) is 37.3 Å². The minimum atomic E-state index is -3.64. The van der Waals surface area contributed by atoms with Gasteiger partial charge >= 0.3 is 0 Å². The Hall–Kier alpha value is -2.97. The second-order valence-corrected chi connectivity index (χ2v) is 9.05. The van der Waals surface area contributed by atoms with Crippen molar-refractivity contribution in [1.29, 1.82) is 0 Å². The Morgan fingerprint density at radius 1 is 1.10 bits per heavy atom. The molecule has 0 unspecified atom stereocenters. The lowest BCUT2D eigenvalue weighted by atomic mass is 10.2. The second kappa shape index (κ2) is 7.81. The van der Waals surface area contributed by atoms with Gasteiger partial charge in [0.25, 0.3) is 5.91 Å². The molecule has 2 heterocycles. The van der Waals surface area contributed by atoms with Crippen LogP contribution in [0, 0.1) is 6.92 Å². The molecule has 8 heteroatoms. The van der Waals surface area contributed by atoms with E-state index < -0.39 is 10.0 Å². The van der Waals surface area contributed by atoms with Crippen molar-refractivity contribution >= 4 is 15.9 Å². The molecule has 0 radical (unpaired) electrons. The van der Waals surface area contributed by atoms with Crippen molar-refractivity contribution < 1.29 is 13.2 Å². The van der Waals surface area contributed by atoms with Crippen LogP contribution in [0.15, 0.2) is 71.8 Å². The van der Waals surface area contributed by atoms with Crippen molar-refractivity contribution in [2.75, 3.05) is 13.1 Å². The summed E-state index contributed by atoms with van der Waals surface area (Å²) < 4.78 is 29.5. The fourth-order valence-electron chi connectivity index (χ4n) is 3.45. The molecule has 1 aliphatic heterocycles. The van der Waals surface area contributed by atoms with Gasteiger partial charge in [-0.2, -0.15) is 9.40 Å². The van der Waals surface area contributed by atoms with Gasteiger partial charge in [0.05, 0.1) is 23.2 Å². The lowest BCUT2D eigenvalue weighted by molar-refractivity contribution is 0.0942. The van der Waals surface area contributed by atoms with E-state index >= 15 is 0 Å². The maximum Gasteiger partial charge on any atom is 0.251 e. The van der Waals surface area contributed by atoms with Crippen molar-refractivity contribution in [3.05, 3.63) is 83.7 Å². The average Bonchev–Trinajstić information content (AvgIpc) is 3.21. The molecular formula is C21H22N4O3S. The van der Waals surface area contributed by atoms with Gasteiger partial charge in [0.2, 0.25) is 10.0 Å². The van der Waals surface area contributed by atoms with Crippen molar-refractivity contribution in [1.82, 2.24) is 19.4 Å². The van der Waals surface area contributed by atoms with Gasteiger partial charge in [0.15, 0.2) is 0 Å². The van der Waals surface area contributed by atoms with Gasteiger partial charge < -0.3 is 5.32 Å². The molecule has 1 aliphatic rings. The Morgan fingerprint density at radius 2 is 1.83 bits per heavy atom. The summed E-state index contributed by atoms with van der Waals surface area (Å²) in [6.45, 7) is 2.68. The largest absolute Gasteiger partial charge is 0.350 e. The summed E-state index contributed by atoms with van der Waals surface area (Å²) in [7, 11) is -3.64. The summed E-state index contributed by atoms with van der Waals surface area (Å²) in [4.78, 5) is 12.7. The van der Waals surface area contributed by atoms with E-state index in [2.05, 4.69) is 10.4 Å². The van der Waals surface area contributed by atoms with Gasteiger partial charge in [0, 0.05) is 24.8 Å². The topological polar surface area (TPSA) is 84.3 Å². The Balaban J connectivity index is 1.54. The van der Waals surface area contributed by atoms with Crippen LogP contribution in [0.25, 0.3) is 0 Å². The van der Waals surface area contributed by atoms with Crippen LogP contribution in [0.1, 0.15) is 27.7 Å². The number of aromatic nitrogens is 2. The quantitative estimate of drug-likeness (QED) is 0.700. The Kier molecular flexibility index (Phi) is 5.21. The van der Waals surface area contributed by atoms with Gasteiger partial charge in [-0.25, -0.2) is 8.42 Å². The summed E-state index contributed by atoms with van der Waals surface area (Å²) >= 11 is 0. The molecule has 7 nitrogen and oxygen atoms in total. The highest BCUT2D eigenvalue weighted by molar-refractivity contribution is 7.89. The monoisotopic (exact) mass is 410 g/mol. The molecule has 0 bridgehead atoms. The van der Waals surface area contributed by atoms with Gasteiger partial charge in [-0.15, -0.1) is 0 Å². The van der Waals surface area contributed by atoms with Crippen LogP contribution in [-0.2, 0) is 16.6 Å². The number of nitrogens with zero attached hydrogens (tertiary/aromatic N) is 3. The van der Waals surface area contributed by atoms with Crippen molar-refractivity contribution in [3.8, 4) is 0 Å². The number of hydrogen-bond acceptors (Lipinski definition) is 4. The third-order valence-electron chi connectivity index (χ3n) is 5.04. The van der Waals surface area contributed by atoms with E-state index in [1.165, 1.54) is 4.31 Å². The van der Waals surface area contributed by atoms with Crippen molar-refractivity contribution in [3.63, 3.8) is 0 Å². The number of amides is 1. The second-order valence-electron chi connectivity index (χ2n) is 7.11. The lowest BCUT2D eigenvalue weighted by Gasteiger charge is -2.33. The number of hydrogen-bond donors (Lipinski definition) is 1. The van der Waals surface area contributed by atoms with Gasteiger partial charge in [0.1, 0.15) is 0 Å². The molecule has 1 aromatic heterocycles. The maximum absolute atomic E-state index is 13.1. The zero-order valence-corrected chi connectivity index (χ0v) is 16.8. The standard InChI is InChI=1S/C21H22N4O3S/c1-16-7-9-20(10-8-16)29(27,28)24-14-18-11-12-23-25(18)19(15-24)13-22-21(26)17-5-3-2-4-6-17/h2-12,19H,13-15H2,1H3,(H,22,26)/t19-/m0/s1. The van der Waals surface area contributed by atoms with Crippen LogP contribution < -0.4 is 5.32 Å². The highest BCUT2D eigenvalue weighted by Gasteiger charge is 2.33. The van der Waals surface area contributed by atoms with Crippen LogP contribution in [0.4, 0.5) is 0 Å². The van der Waals surface area contributed by atoms with E-state index in [1.54, 1.807) is 59.4 Å². The fourth-order valence-corrected chi connectivity index (χ4v) is 4.90. The molecule has 0 spiro atoms. The maximum atomic E-state index is 13.1. The lowest BCUT2D eigenvalue weighted by Crippen LogP contribution is -2.45. The first kappa shape index (κ1) is 19.4. The average molecular weight is 410 g/mol. The Morgan fingerprint density at radius 3 is 2.55 bits per heavy atom. The molecule has 1 amide bonds.